The zero-order valence-corrected chi connectivity index (χ0v) is 9.37. The van der Waals surface area contributed by atoms with Crippen LogP contribution in [0.1, 0.15) is 19.4 Å². The van der Waals surface area contributed by atoms with Crippen LogP contribution in [0, 0.1) is 23.1 Å². The molecule has 1 aromatic rings. The van der Waals surface area contributed by atoms with Gasteiger partial charge in [0, 0.05) is 0 Å². The first-order valence-corrected chi connectivity index (χ1v) is 5.15. The van der Waals surface area contributed by atoms with Gasteiger partial charge in [0.1, 0.15) is 5.82 Å². The van der Waals surface area contributed by atoms with Gasteiger partial charge in [0.15, 0.2) is 0 Å². The topological polar surface area (TPSA) is 56.0 Å². The Balaban J connectivity index is 2.86. The largest absolute Gasteiger partial charge is 0.394 e. The average molecular weight is 222 g/mol. The molecule has 1 atom stereocenters. The lowest BCUT2D eigenvalue weighted by Gasteiger charge is -2.21. The molecule has 0 radical (unpaired) electrons. The van der Waals surface area contributed by atoms with Crippen LogP contribution in [0.5, 0.6) is 0 Å². The Morgan fingerprint density at radius 1 is 1.50 bits per heavy atom. The van der Waals surface area contributed by atoms with Gasteiger partial charge in [0.2, 0.25) is 0 Å². The van der Waals surface area contributed by atoms with Crippen LogP contribution >= 0.6 is 0 Å². The maximum Gasteiger partial charge on any atom is 0.147 e. The number of nitrogens with zero attached hydrogens (tertiary/aromatic N) is 1. The monoisotopic (exact) mass is 222 g/mol. The van der Waals surface area contributed by atoms with Crippen LogP contribution in [-0.4, -0.2) is 17.8 Å². The van der Waals surface area contributed by atoms with Crippen molar-refractivity contribution in [3.05, 3.63) is 29.6 Å². The lowest BCUT2D eigenvalue weighted by molar-refractivity contribution is 0.249. The van der Waals surface area contributed by atoms with E-state index in [2.05, 4.69) is 5.32 Å². The second kappa shape index (κ2) is 5.47. The average Bonchev–Trinajstić information content (AvgIpc) is 2.26. The van der Waals surface area contributed by atoms with Gasteiger partial charge in [-0.05, 0) is 24.1 Å². The van der Waals surface area contributed by atoms with Gasteiger partial charge in [0.25, 0.3) is 0 Å². The summed E-state index contributed by atoms with van der Waals surface area (Å²) in [7, 11) is 0. The van der Waals surface area contributed by atoms with Crippen LogP contribution < -0.4 is 5.32 Å². The minimum atomic E-state index is -0.474. The third-order valence-corrected chi connectivity index (χ3v) is 2.44. The number of aliphatic hydroxyl groups excluding tert-OH is 1. The highest BCUT2D eigenvalue weighted by atomic mass is 19.1. The second-order valence-electron chi connectivity index (χ2n) is 3.98. The Bertz CT molecular complexity index is 398. The predicted molar refractivity (Wildman–Crippen MR) is 60.4 cm³/mol. The van der Waals surface area contributed by atoms with E-state index in [1.54, 1.807) is 6.07 Å². The summed E-state index contributed by atoms with van der Waals surface area (Å²) in [5, 5.41) is 20.6. The highest BCUT2D eigenvalue weighted by Gasteiger charge is 2.13. The van der Waals surface area contributed by atoms with E-state index in [1.165, 1.54) is 12.1 Å². The molecule has 1 rings (SSSR count). The molecule has 2 N–H and O–H groups in total. The molecular formula is C12H15FN2O. The summed E-state index contributed by atoms with van der Waals surface area (Å²) >= 11 is 0. The number of hydrogen-bond acceptors (Lipinski definition) is 3. The quantitative estimate of drug-likeness (QED) is 0.820. The fourth-order valence-electron chi connectivity index (χ4n) is 1.32. The summed E-state index contributed by atoms with van der Waals surface area (Å²) in [6.07, 6.45) is 0. The Kier molecular flexibility index (Phi) is 4.27. The smallest absolute Gasteiger partial charge is 0.147 e. The Morgan fingerprint density at radius 2 is 2.19 bits per heavy atom. The summed E-state index contributed by atoms with van der Waals surface area (Å²) in [6.45, 7) is 3.82. The van der Waals surface area contributed by atoms with Crippen LogP contribution in [0.25, 0.3) is 0 Å². The molecule has 86 valence electrons. The number of nitriles is 1. The molecule has 4 heteroatoms. The van der Waals surface area contributed by atoms with Gasteiger partial charge in [-0.15, -0.1) is 0 Å². The van der Waals surface area contributed by atoms with Gasteiger partial charge in [-0.2, -0.15) is 5.26 Å². The predicted octanol–water partition coefficient (Wildman–Crippen LogP) is 2.13. The number of anilines is 1. The van der Waals surface area contributed by atoms with Crippen molar-refractivity contribution in [3.8, 4) is 6.07 Å². The van der Waals surface area contributed by atoms with E-state index in [4.69, 9.17) is 10.4 Å². The minimum Gasteiger partial charge on any atom is -0.394 e. The van der Waals surface area contributed by atoms with E-state index in [9.17, 15) is 4.39 Å². The summed E-state index contributed by atoms with van der Waals surface area (Å²) < 4.78 is 13.5. The summed E-state index contributed by atoms with van der Waals surface area (Å²) in [5.41, 5.74) is 0.597. The molecule has 0 saturated carbocycles. The van der Waals surface area contributed by atoms with Crippen molar-refractivity contribution in [1.29, 1.82) is 5.26 Å². The summed E-state index contributed by atoms with van der Waals surface area (Å²) in [6, 6.07) is 5.91. The highest BCUT2D eigenvalue weighted by Crippen LogP contribution is 2.18. The third-order valence-electron chi connectivity index (χ3n) is 2.44. The molecule has 0 amide bonds. The van der Waals surface area contributed by atoms with Crippen LogP contribution in [0.4, 0.5) is 10.1 Å². The van der Waals surface area contributed by atoms with E-state index in [0.717, 1.165) is 0 Å². The van der Waals surface area contributed by atoms with Crippen LogP contribution in [0.15, 0.2) is 18.2 Å². The van der Waals surface area contributed by atoms with Crippen molar-refractivity contribution in [2.75, 3.05) is 11.9 Å². The summed E-state index contributed by atoms with van der Waals surface area (Å²) in [4.78, 5) is 0. The maximum absolute atomic E-state index is 13.5. The number of benzene rings is 1. The SMILES string of the molecule is CC(C)C(CO)Nc1ccc(C#N)cc1F. The molecule has 0 heterocycles. The first-order chi connectivity index (χ1) is 7.58. The molecule has 0 aliphatic rings. The molecule has 0 fully saturated rings. The zero-order chi connectivity index (χ0) is 12.1. The number of halogens is 1. The van der Waals surface area contributed by atoms with E-state index in [-0.39, 0.29) is 24.1 Å². The van der Waals surface area contributed by atoms with Crippen molar-refractivity contribution >= 4 is 5.69 Å². The van der Waals surface area contributed by atoms with Gasteiger partial charge in [-0.1, -0.05) is 13.8 Å². The molecular weight excluding hydrogens is 207 g/mol. The van der Waals surface area contributed by atoms with Gasteiger partial charge in [0.05, 0.1) is 30.0 Å². The van der Waals surface area contributed by atoms with E-state index < -0.39 is 5.82 Å². The van der Waals surface area contributed by atoms with Crippen molar-refractivity contribution < 1.29 is 9.50 Å². The molecule has 0 saturated heterocycles. The van der Waals surface area contributed by atoms with Crippen molar-refractivity contribution in [2.24, 2.45) is 5.92 Å². The minimum absolute atomic E-state index is 0.0584. The molecule has 0 bridgehead atoms. The van der Waals surface area contributed by atoms with Gasteiger partial charge in [-0.25, -0.2) is 4.39 Å². The lowest BCUT2D eigenvalue weighted by Crippen LogP contribution is -2.29. The molecule has 16 heavy (non-hydrogen) atoms. The van der Waals surface area contributed by atoms with Crippen molar-refractivity contribution in [1.82, 2.24) is 0 Å². The first-order valence-electron chi connectivity index (χ1n) is 5.15. The zero-order valence-electron chi connectivity index (χ0n) is 9.37. The van der Waals surface area contributed by atoms with Crippen LogP contribution in [-0.2, 0) is 0 Å². The second-order valence-corrected chi connectivity index (χ2v) is 3.98. The highest BCUT2D eigenvalue weighted by molar-refractivity contribution is 5.49. The first kappa shape index (κ1) is 12.5. The molecule has 1 aromatic carbocycles. The van der Waals surface area contributed by atoms with Gasteiger partial charge in [-0.3, -0.25) is 0 Å². The Morgan fingerprint density at radius 3 is 2.62 bits per heavy atom. The van der Waals surface area contributed by atoms with Crippen molar-refractivity contribution in [3.63, 3.8) is 0 Å². The van der Waals surface area contributed by atoms with Crippen molar-refractivity contribution in [2.45, 2.75) is 19.9 Å². The van der Waals surface area contributed by atoms with Gasteiger partial charge >= 0.3 is 0 Å². The number of rotatable bonds is 4. The fourth-order valence-corrected chi connectivity index (χ4v) is 1.32. The lowest BCUT2D eigenvalue weighted by atomic mass is 10.0. The summed E-state index contributed by atoms with van der Waals surface area (Å²) in [5.74, 6) is -0.279. The number of hydrogen-bond donors (Lipinski definition) is 2. The number of aliphatic hydroxyl groups is 1. The van der Waals surface area contributed by atoms with Gasteiger partial charge < -0.3 is 10.4 Å². The fraction of sp³-hybridized carbons (Fsp3) is 0.417. The molecule has 0 spiro atoms. The Hall–Kier alpha value is -1.60. The van der Waals surface area contributed by atoms with Crippen LogP contribution in [0.3, 0.4) is 0 Å². The Labute approximate surface area is 94.5 Å². The number of nitrogens with one attached hydrogen (secondary N) is 1. The van der Waals surface area contributed by atoms with E-state index >= 15 is 0 Å². The molecule has 3 nitrogen and oxygen atoms in total. The third kappa shape index (κ3) is 2.94. The molecule has 0 aliphatic carbocycles. The molecule has 1 unspecified atom stereocenters. The molecule has 0 aliphatic heterocycles. The normalized spacial score (nSPS) is 12.2. The maximum atomic E-state index is 13.5. The van der Waals surface area contributed by atoms with E-state index in [0.29, 0.717) is 5.69 Å². The van der Waals surface area contributed by atoms with E-state index in [1.807, 2.05) is 19.9 Å². The van der Waals surface area contributed by atoms with Crippen LogP contribution in [0.2, 0.25) is 0 Å². The standard InChI is InChI=1S/C12H15FN2O/c1-8(2)12(7-16)15-11-4-3-9(6-14)5-10(11)13/h3-5,8,12,15-16H,7H2,1-2H3. The molecule has 0 aromatic heterocycles.